The molecule has 370 valence electrons. The van der Waals surface area contributed by atoms with Gasteiger partial charge in [0.05, 0.1) is 39.6 Å². The van der Waals surface area contributed by atoms with Gasteiger partial charge in [-0.1, -0.05) is 182 Å². The summed E-state index contributed by atoms with van der Waals surface area (Å²) in [5.74, 6) is -1.39. The average molecular weight is 1010 g/mol. The molecule has 18 heteroatoms. The normalized spacial score (nSPS) is 21.3. The Labute approximate surface area is 409 Å². The molecule has 8 rings (SSSR count). The molecule has 0 unspecified atom stereocenters. The number of ether oxygens (including phenoxy) is 3. The summed E-state index contributed by atoms with van der Waals surface area (Å²) >= 11 is 0. The number of hydrogen-bond donors (Lipinski definition) is 0. The van der Waals surface area contributed by atoms with Crippen molar-refractivity contribution in [2.45, 2.75) is 95.9 Å². The molecule has 0 bridgehead atoms. The van der Waals surface area contributed by atoms with E-state index in [4.69, 9.17) is 54.9 Å². The fourth-order valence-corrected chi connectivity index (χ4v) is 11.9. The SMILES string of the molecule is CO[C@@H]1[C@@H](OP(=O)(OCc2ccccc2)OCc2ccccc2)[C@H](OP(=O)(OCc2ccccc2)OCc2ccccc2)[C@H]2OC(C)(C)O[C@H]2[C@H]1OP(=O)(OCc1ccccc1)OCc1ccccc1. The molecule has 1 saturated heterocycles. The van der Waals surface area contributed by atoms with Gasteiger partial charge in [-0.25, -0.2) is 13.7 Å². The van der Waals surface area contributed by atoms with Gasteiger partial charge in [-0.2, -0.15) is 0 Å². The predicted octanol–water partition coefficient (Wildman–Crippen LogP) is 12.3. The lowest BCUT2D eigenvalue weighted by molar-refractivity contribution is -0.194. The van der Waals surface area contributed by atoms with Gasteiger partial charge in [-0.15, -0.1) is 0 Å². The van der Waals surface area contributed by atoms with Crippen LogP contribution in [0.5, 0.6) is 0 Å². The lowest BCUT2D eigenvalue weighted by atomic mass is 9.85. The van der Waals surface area contributed by atoms with Crippen molar-refractivity contribution in [3.8, 4) is 0 Å². The molecule has 6 aromatic carbocycles. The molecular formula is C52H57O15P3. The molecule has 15 nitrogen and oxygen atoms in total. The van der Waals surface area contributed by atoms with E-state index in [-0.39, 0.29) is 39.6 Å². The lowest BCUT2D eigenvalue weighted by Crippen LogP contribution is -2.64. The summed E-state index contributed by atoms with van der Waals surface area (Å²) in [6.45, 7) is 2.16. The van der Waals surface area contributed by atoms with E-state index in [1.807, 2.05) is 109 Å². The van der Waals surface area contributed by atoms with Gasteiger partial charge >= 0.3 is 23.5 Å². The second-order valence-corrected chi connectivity index (χ2v) is 21.7. The van der Waals surface area contributed by atoms with Crippen LogP contribution in [0, 0.1) is 0 Å². The van der Waals surface area contributed by atoms with Crippen molar-refractivity contribution in [1.82, 2.24) is 0 Å². The first kappa shape index (κ1) is 51.9. The zero-order chi connectivity index (χ0) is 48.9. The van der Waals surface area contributed by atoms with E-state index in [0.29, 0.717) is 33.4 Å². The van der Waals surface area contributed by atoms with Gasteiger partial charge in [-0.05, 0) is 47.2 Å². The molecule has 2 fully saturated rings. The Hall–Kier alpha value is -4.47. The maximum Gasteiger partial charge on any atom is 0.475 e. The third kappa shape index (κ3) is 14.6. The van der Waals surface area contributed by atoms with Crippen LogP contribution in [-0.2, 0) is 108 Å². The summed E-state index contributed by atoms with van der Waals surface area (Å²) in [6, 6.07) is 54.4. The van der Waals surface area contributed by atoms with Crippen molar-refractivity contribution in [2.75, 3.05) is 7.11 Å². The van der Waals surface area contributed by atoms with Crippen LogP contribution in [0.25, 0.3) is 0 Å². The van der Waals surface area contributed by atoms with Gasteiger partial charge in [0.2, 0.25) is 0 Å². The third-order valence-corrected chi connectivity index (χ3v) is 15.4. The van der Waals surface area contributed by atoms with E-state index in [0.717, 1.165) is 0 Å². The van der Waals surface area contributed by atoms with Crippen LogP contribution in [0.3, 0.4) is 0 Å². The molecule has 1 saturated carbocycles. The van der Waals surface area contributed by atoms with E-state index < -0.39 is 65.9 Å². The quantitative estimate of drug-likeness (QED) is 0.0498. The van der Waals surface area contributed by atoms with Crippen LogP contribution in [0.15, 0.2) is 182 Å². The topological polar surface area (TPSA) is 162 Å². The smallest absolute Gasteiger partial charge is 0.376 e. The molecule has 1 aliphatic carbocycles. The number of methoxy groups -OCH3 is 1. The second kappa shape index (κ2) is 24.3. The van der Waals surface area contributed by atoms with Gasteiger partial charge in [0.25, 0.3) is 0 Å². The Kier molecular flexibility index (Phi) is 18.0. The summed E-state index contributed by atoms with van der Waals surface area (Å²) in [5, 5.41) is 0. The van der Waals surface area contributed by atoms with E-state index in [2.05, 4.69) is 0 Å². The standard InChI is InChI=1S/C52H57O15P3/c1-52(2)63-47-48(64-52)51(67-70(55,61-38-44-30-18-8-19-31-44)62-39-45-32-20-9-21-33-45)50(66-69(54,59-36-42-26-14-6-15-27-42)60-37-43-28-16-7-17-29-43)46(56-3)49(47)65-68(53,57-34-40-22-10-4-11-23-40)58-35-41-24-12-5-13-25-41/h4-33,46-51H,34-39H2,1-3H3/t46-,47+,48-,49-,50+,51+/m0/s1. The molecule has 0 N–H and O–H groups in total. The maximum atomic E-state index is 15.4. The number of benzene rings is 6. The van der Waals surface area contributed by atoms with Crippen LogP contribution < -0.4 is 0 Å². The largest absolute Gasteiger partial charge is 0.475 e. The third-order valence-electron chi connectivity index (χ3n) is 11.2. The van der Waals surface area contributed by atoms with E-state index >= 15 is 13.7 Å². The highest BCUT2D eigenvalue weighted by molar-refractivity contribution is 7.49. The Balaban J connectivity index is 1.20. The summed E-state index contributed by atoms with van der Waals surface area (Å²) in [4.78, 5) is 0. The highest BCUT2D eigenvalue weighted by atomic mass is 31.2. The minimum atomic E-state index is -4.77. The van der Waals surface area contributed by atoms with Gasteiger partial charge in [0.1, 0.15) is 36.6 Å². The summed E-state index contributed by atoms with van der Waals surface area (Å²) in [5.41, 5.74) is 4.02. The second-order valence-electron chi connectivity index (χ2n) is 16.9. The predicted molar refractivity (Wildman–Crippen MR) is 259 cm³/mol. The zero-order valence-corrected chi connectivity index (χ0v) is 41.7. The first-order valence-electron chi connectivity index (χ1n) is 22.7. The van der Waals surface area contributed by atoms with E-state index in [9.17, 15) is 0 Å². The molecule has 1 heterocycles. The Morgan fingerprint density at radius 1 is 0.357 bits per heavy atom. The molecule has 1 aliphatic heterocycles. The first-order chi connectivity index (χ1) is 33.9. The molecule has 2 aliphatic rings. The highest BCUT2D eigenvalue weighted by Gasteiger charge is 2.64. The van der Waals surface area contributed by atoms with E-state index in [1.165, 1.54) is 7.11 Å². The first-order valence-corrected chi connectivity index (χ1v) is 27.1. The van der Waals surface area contributed by atoms with Crippen LogP contribution in [0.1, 0.15) is 47.2 Å². The minimum absolute atomic E-state index is 0.170. The number of fused-ring (bicyclic) bond motifs is 1. The fraction of sp³-hybridized carbons (Fsp3) is 0.308. The van der Waals surface area contributed by atoms with Gasteiger partial charge in [0.15, 0.2) is 5.79 Å². The zero-order valence-electron chi connectivity index (χ0n) is 39.0. The van der Waals surface area contributed by atoms with Crippen molar-refractivity contribution in [3.05, 3.63) is 215 Å². The Morgan fingerprint density at radius 3 is 0.800 bits per heavy atom. The molecule has 70 heavy (non-hydrogen) atoms. The fourth-order valence-electron chi connectivity index (χ4n) is 7.81. The molecular weight excluding hydrogens is 957 g/mol. The monoisotopic (exact) mass is 1010 g/mol. The van der Waals surface area contributed by atoms with Crippen molar-refractivity contribution in [1.29, 1.82) is 0 Å². The summed E-state index contributed by atoms with van der Waals surface area (Å²) in [6.07, 6.45) is -8.67. The van der Waals surface area contributed by atoms with Crippen molar-refractivity contribution < 1.29 is 68.6 Å². The lowest BCUT2D eigenvalue weighted by Gasteiger charge is -2.46. The summed E-state index contributed by atoms with van der Waals surface area (Å²) in [7, 11) is -12.8. The van der Waals surface area contributed by atoms with Crippen molar-refractivity contribution in [2.24, 2.45) is 0 Å². The van der Waals surface area contributed by atoms with E-state index in [1.54, 1.807) is 86.6 Å². The maximum absolute atomic E-state index is 15.4. The highest BCUT2D eigenvalue weighted by Crippen LogP contribution is 2.61. The van der Waals surface area contributed by atoms with Crippen LogP contribution >= 0.6 is 23.5 Å². The average Bonchev–Trinajstić information content (AvgIpc) is 3.73. The summed E-state index contributed by atoms with van der Waals surface area (Å²) < 4.78 is 122. The van der Waals surface area contributed by atoms with Crippen LogP contribution in [0.4, 0.5) is 0 Å². The van der Waals surface area contributed by atoms with Gasteiger partial charge in [0, 0.05) is 7.11 Å². The van der Waals surface area contributed by atoms with Gasteiger partial charge in [-0.3, -0.25) is 40.7 Å². The molecule has 0 radical (unpaired) electrons. The number of hydrogen-bond acceptors (Lipinski definition) is 15. The minimum Gasteiger partial charge on any atom is -0.376 e. The van der Waals surface area contributed by atoms with Gasteiger partial charge < -0.3 is 14.2 Å². The molecule has 0 amide bonds. The van der Waals surface area contributed by atoms with Crippen LogP contribution in [-0.4, -0.2) is 49.5 Å². The molecule has 6 atom stereocenters. The Bertz CT molecular complexity index is 2510. The van der Waals surface area contributed by atoms with Crippen LogP contribution in [0.2, 0.25) is 0 Å². The van der Waals surface area contributed by atoms with Crippen molar-refractivity contribution in [3.63, 3.8) is 0 Å². The van der Waals surface area contributed by atoms with Crippen molar-refractivity contribution >= 4 is 23.5 Å². The molecule has 0 aromatic heterocycles. The molecule has 0 spiro atoms. The molecule has 6 aromatic rings. The number of phosphoric acid groups is 3. The Morgan fingerprint density at radius 2 is 0.571 bits per heavy atom. The number of rotatable bonds is 25. The number of phosphoric ester groups is 3.